The number of H-pyrrole nitrogens is 5. The van der Waals surface area contributed by atoms with Crippen LogP contribution in [0.1, 0.15) is 0 Å². The van der Waals surface area contributed by atoms with E-state index in [0.29, 0.717) is 17.4 Å². The van der Waals surface area contributed by atoms with E-state index in [9.17, 15) is 24.0 Å². The molecule has 390 valence electrons. The molecule has 0 bridgehead atoms. The predicted molar refractivity (Wildman–Crippen MR) is 293 cm³/mol. The molecule has 8 aromatic rings. The van der Waals surface area contributed by atoms with Crippen molar-refractivity contribution in [2.45, 2.75) is 0 Å². The van der Waals surface area contributed by atoms with E-state index in [2.05, 4.69) is 77.7 Å². The molecule has 17 N–H and O–H groups in total. The molecule has 0 radical (unpaired) electrons. The first-order chi connectivity index (χ1) is 35.0. The molecule has 24 nitrogen and oxygen atoms in total. The molecule has 0 saturated heterocycles. The lowest BCUT2D eigenvalue weighted by Crippen LogP contribution is -2.07. The predicted octanol–water partition coefficient (Wildman–Crippen LogP) is 4.88. The first-order valence-corrected chi connectivity index (χ1v) is 21.7. The number of aromatic amines is 5. The van der Waals surface area contributed by atoms with Crippen molar-refractivity contribution in [3.63, 3.8) is 0 Å². The second-order valence-electron chi connectivity index (χ2n) is 13.7. The maximum atomic E-state index is 10.6. The molecule has 0 spiro atoms. The average molecular weight is 1010 g/mol. The van der Waals surface area contributed by atoms with Crippen LogP contribution in [0.25, 0.3) is 0 Å². The molecule has 5 aromatic heterocycles. The lowest BCUT2D eigenvalue weighted by molar-refractivity contribution is 0.404. The van der Waals surface area contributed by atoms with Gasteiger partial charge in [-0.2, -0.15) is 5.10 Å². The Morgan fingerprint density at radius 3 is 1.47 bits per heavy atom. The van der Waals surface area contributed by atoms with Gasteiger partial charge in [0.2, 0.25) is 17.1 Å². The van der Waals surface area contributed by atoms with E-state index in [0.717, 1.165) is 39.9 Å². The number of hydrogen-bond acceptors (Lipinski definition) is 19. The van der Waals surface area contributed by atoms with E-state index in [4.69, 9.17) is 20.4 Å². The third-order valence-corrected chi connectivity index (χ3v) is 8.60. The highest BCUT2D eigenvalue weighted by molar-refractivity contribution is 5.53. The Morgan fingerprint density at radius 1 is 0.425 bits per heavy atom. The zero-order valence-corrected chi connectivity index (χ0v) is 41.6. The molecule has 0 fully saturated rings. The normalized spacial score (nSPS) is 9.04. The number of nitrogens with zero attached hydrogens (tertiary/aromatic N) is 2. The van der Waals surface area contributed by atoms with Gasteiger partial charge in [-0.15, -0.1) is 0 Å². The quantitative estimate of drug-likeness (QED) is 0.0712. The van der Waals surface area contributed by atoms with Crippen molar-refractivity contribution in [1.82, 2.24) is 35.1 Å². The van der Waals surface area contributed by atoms with Gasteiger partial charge in [0.1, 0.15) is 17.3 Å². The SMILES string of the molecule is CNc1cc(=O)cc[nH]1.CNc1cc[nH]c(=O)c1.CNc1ccc(=O)[nH]c1.CNc1ccc(O)c(O)c1.CNc1ccc(O)cc1.CNc1cccc(O)c1.CNc1cn[nH]c(=O)c1.CNc1nccc(=O)[nH]1. The van der Waals surface area contributed by atoms with Gasteiger partial charge in [0.15, 0.2) is 16.9 Å². The number of phenols is 4. The topological polar surface area (TPSA) is 367 Å². The summed E-state index contributed by atoms with van der Waals surface area (Å²) in [6, 6.07) is 30.7. The molecule has 0 amide bonds. The van der Waals surface area contributed by atoms with Crippen molar-refractivity contribution in [2.75, 3.05) is 98.9 Å². The number of anilines is 8. The smallest absolute Gasteiger partial charge is 0.266 e. The minimum absolute atomic E-state index is 0.0121. The number of aromatic hydroxyl groups is 4. The van der Waals surface area contributed by atoms with Gasteiger partial charge >= 0.3 is 0 Å². The van der Waals surface area contributed by atoms with Crippen molar-refractivity contribution >= 4 is 45.9 Å². The highest BCUT2D eigenvalue weighted by Gasteiger charge is 1.97. The number of hydrogen-bond donors (Lipinski definition) is 17. The van der Waals surface area contributed by atoms with E-state index in [-0.39, 0.29) is 39.2 Å². The van der Waals surface area contributed by atoms with Gasteiger partial charge in [0.05, 0.1) is 17.6 Å². The van der Waals surface area contributed by atoms with Gasteiger partial charge in [0, 0.05) is 152 Å². The van der Waals surface area contributed by atoms with E-state index in [1.54, 1.807) is 116 Å². The summed E-state index contributed by atoms with van der Waals surface area (Å²) in [6.45, 7) is 0. The summed E-state index contributed by atoms with van der Waals surface area (Å²) in [5, 5.41) is 64.1. The highest BCUT2D eigenvalue weighted by Crippen LogP contribution is 2.26. The maximum absolute atomic E-state index is 10.6. The van der Waals surface area contributed by atoms with Crippen molar-refractivity contribution in [1.29, 1.82) is 0 Å². The number of pyridine rings is 3. The van der Waals surface area contributed by atoms with Crippen LogP contribution in [-0.2, 0) is 0 Å². The minimum atomic E-state index is -0.193. The van der Waals surface area contributed by atoms with E-state index >= 15 is 0 Å². The summed E-state index contributed by atoms with van der Waals surface area (Å²) in [6.07, 6.45) is 7.83. The number of phenolic OH excluding ortho intramolecular Hbond substituents is 4. The van der Waals surface area contributed by atoms with Gasteiger partial charge in [0.25, 0.3) is 11.1 Å². The zero-order chi connectivity index (χ0) is 54.4. The third-order valence-electron chi connectivity index (χ3n) is 8.60. The molecule has 73 heavy (non-hydrogen) atoms. The maximum Gasteiger partial charge on any atom is 0.266 e. The van der Waals surface area contributed by atoms with E-state index < -0.39 is 0 Å². The molecular formula is C49H65N15O9. The standard InChI is InChI=1S/C7H9NO2.2C7H9NO.3C6H8N2O.2C5H7N3O/c1-8-5-2-3-6(9)7(10)4-5;1-8-6-2-4-7(9)5-3-6;1-8-6-3-2-4-7(9)5-6;1-7-6-4-5(9)2-3-8-6;1-7-5-2-3-8-6(9)4-5;1-7-5-2-3-6(9)8-4-5;1-6-4-2-5(9)8-7-3-4;1-6-5-7-3-2-4(9)8-5/h2-4,8-10H,1H3;2*2-5,8-9H,1H3;2*2-4H,1H3,(H2,7,8,9);2-4,7H,1H3,(H,8,9);2-3H,1H3,(H2,6,8,9);2-3H,1H3,(H2,6,7,8,9). The van der Waals surface area contributed by atoms with Crippen LogP contribution in [0.2, 0.25) is 0 Å². The summed E-state index contributed by atoms with van der Waals surface area (Å²) in [5.41, 5.74) is 4.69. The first kappa shape index (κ1) is 60.9. The van der Waals surface area contributed by atoms with Crippen LogP contribution in [-0.4, -0.2) is 112 Å². The Balaban J connectivity index is 0.000000417. The van der Waals surface area contributed by atoms with Crippen LogP contribution in [0.15, 0.2) is 170 Å². The van der Waals surface area contributed by atoms with Gasteiger partial charge < -0.3 is 77.9 Å². The lowest BCUT2D eigenvalue weighted by Gasteiger charge is -2.00. The molecule has 0 aliphatic rings. The Morgan fingerprint density at radius 2 is 1.01 bits per heavy atom. The van der Waals surface area contributed by atoms with E-state index in [1.807, 2.05) is 32.3 Å². The average Bonchev–Trinajstić information content (AvgIpc) is 3.41. The molecule has 0 aliphatic carbocycles. The van der Waals surface area contributed by atoms with Crippen molar-refractivity contribution in [2.24, 2.45) is 0 Å². The Labute approximate surface area is 420 Å². The molecule has 8 rings (SSSR count). The minimum Gasteiger partial charge on any atom is -0.508 e. The molecule has 0 atom stereocenters. The zero-order valence-electron chi connectivity index (χ0n) is 41.6. The fourth-order valence-corrected chi connectivity index (χ4v) is 4.73. The molecule has 3 aromatic carbocycles. The fourth-order valence-electron chi connectivity index (χ4n) is 4.73. The van der Waals surface area contributed by atoms with Gasteiger partial charge in [-0.25, -0.2) is 10.1 Å². The Kier molecular flexibility index (Phi) is 30.0. The van der Waals surface area contributed by atoms with Crippen LogP contribution in [0.3, 0.4) is 0 Å². The number of benzene rings is 3. The Bertz CT molecular complexity index is 2820. The number of nitrogens with one attached hydrogen (secondary N) is 13. The van der Waals surface area contributed by atoms with Crippen molar-refractivity contribution in [3.05, 3.63) is 198 Å². The van der Waals surface area contributed by atoms with Gasteiger partial charge in [-0.3, -0.25) is 29.0 Å². The largest absolute Gasteiger partial charge is 0.508 e. The number of aromatic nitrogens is 7. The molecule has 0 unspecified atom stereocenters. The first-order valence-electron chi connectivity index (χ1n) is 21.7. The van der Waals surface area contributed by atoms with Crippen LogP contribution in [0.4, 0.5) is 45.9 Å². The molecule has 0 saturated carbocycles. The van der Waals surface area contributed by atoms with Crippen LogP contribution in [0.5, 0.6) is 23.0 Å². The summed E-state index contributed by atoms with van der Waals surface area (Å²) in [4.78, 5) is 66.8. The van der Waals surface area contributed by atoms with Crippen LogP contribution in [0, 0.1) is 0 Å². The molecule has 5 heterocycles. The van der Waals surface area contributed by atoms with Gasteiger partial charge in [-0.05, 0) is 60.7 Å². The summed E-state index contributed by atoms with van der Waals surface area (Å²) in [5.74, 6) is 1.62. The second kappa shape index (κ2) is 35.9. The van der Waals surface area contributed by atoms with Crippen molar-refractivity contribution in [3.8, 4) is 23.0 Å². The summed E-state index contributed by atoms with van der Waals surface area (Å²) >= 11 is 0. The molecular weight excluding hydrogens is 943 g/mol. The monoisotopic (exact) mass is 1010 g/mol. The third kappa shape index (κ3) is 28.1. The summed E-state index contributed by atoms with van der Waals surface area (Å²) < 4.78 is 0. The second-order valence-corrected chi connectivity index (χ2v) is 13.7. The van der Waals surface area contributed by atoms with Gasteiger partial charge in [-0.1, -0.05) is 6.07 Å². The molecule has 24 heteroatoms. The van der Waals surface area contributed by atoms with Crippen LogP contribution >= 0.6 is 0 Å². The molecule has 0 aliphatic heterocycles. The highest BCUT2D eigenvalue weighted by atomic mass is 16.3. The van der Waals surface area contributed by atoms with Crippen molar-refractivity contribution < 1.29 is 20.4 Å². The number of rotatable bonds is 8. The Hall–Kier alpha value is -10.1. The summed E-state index contributed by atoms with van der Waals surface area (Å²) in [7, 11) is 14.1. The van der Waals surface area contributed by atoms with Crippen LogP contribution < -0.4 is 70.2 Å². The van der Waals surface area contributed by atoms with E-state index in [1.165, 1.54) is 54.7 Å². The fraction of sp³-hybridized carbons (Fsp3) is 0.163. The lowest BCUT2D eigenvalue weighted by atomic mass is 10.3.